The second-order valence-corrected chi connectivity index (χ2v) is 6.18. The van der Waals surface area contributed by atoms with Gasteiger partial charge in [-0.3, -0.25) is 0 Å². The quantitative estimate of drug-likeness (QED) is 0.847. The molecule has 2 nitrogen and oxygen atoms in total. The lowest BCUT2D eigenvalue weighted by molar-refractivity contribution is 0.377. The van der Waals surface area contributed by atoms with E-state index in [1.54, 1.807) is 11.8 Å². The van der Waals surface area contributed by atoms with Gasteiger partial charge in [0.05, 0.1) is 0 Å². The summed E-state index contributed by atoms with van der Waals surface area (Å²) in [6.45, 7) is 6.48. The molecular formula is C15H24N2S. The molecule has 2 rings (SSSR count). The Bertz CT molecular complexity index is 405. The van der Waals surface area contributed by atoms with Gasteiger partial charge in [-0.05, 0) is 44.1 Å². The Morgan fingerprint density at radius 1 is 1.39 bits per heavy atom. The highest BCUT2D eigenvalue weighted by molar-refractivity contribution is 7.98. The molecule has 3 heteroatoms. The number of piperidine rings is 1. The van der Waals surface area contributed by atoms with E-state index in [1.165, 1.54) is 29.0 Å². The Labute approximate surface area is 115 Å². The van der Waals surface area contributed by atoms with Crippen molar-refractivity contribution in [1.29, 1.82) is 0 Å². The van der Waals surface area contributed by atoms with Crippen molar-refractivity contribution in [2.75, 3.05) is 17.7 Å². The van der Waals surface area contributed by atoms with Gasteiger partial charge in [-0.1, -0.05) is 13.0 Å². The zero-order valence-corrected chi connectivity index (χ0v) is 12.5. The van der Waals surface area contributed by atoms with Crippen molar-refractivity contribution in [3.63, 3.8) is 0 Å². The third-order valence-electron chi connectivity index (χ3n) is 3.98. The van der Waals surface area contributed by atoms with Crippen LogP contribution in [0.1, 0.15) is 32.3 Å². The second kappa shape index (κ2) is 5.98. The predicted molar refractivity (Wildman–Crippen MR) is 81.3 cm³/mol. The fourth-order valence-electron chi connectivity index (χ4n) is 2.98. The van der Waals surface area contributed by atoms with Crippen molar-refractivity contribution in [2.45, 2.75) is 44.2 Å². The Balaban J connectivity index is 2.32. The molecule has 2 N–H and O–H groups in total. The van der Waals surface area contributed by atoms with Gasteiger partial charge in [0.1, 0.15) is 0 Å². The highest BCUT2D eigenvalue weighted by atomic mass is 32.2. The van der Waals surface area contributed by atoms with Gasteiger partial charge in [0.15, 0.2) is 0 Å². The number of thioether (sulfide) groups is 1. The van der Waals surface area contributed by atoms with Gasteiger partial charge in [-0.15, -0.1) is 11.8 Å². The van der Waals surface area contributed by atoms with Crippen LogP contribution < -0.4 is 10.6 Å². The van der Waals surface area contributed by atoms with E-state index in [0.717, 1.165) is 12.5 Å². The molecule has 1 aromatic carbocycles. The first kappa shape index (κ1) is 13.8. The summed E-state index contributed by atoms with van der Waals surface area (Å²) < 4.78 is 0. The molecule has 18 heavy (non-hydrogen) atoms. The van der Waals surface area contributed by atoms with E-state index in [1.807, 2.05) is 0 Å². The number of benzene rings is 1. The zero-order valence-electron chi connectivity index (χ0n) is 11.6. The summed E-state index contributed by atoms with van der Waals surface area (Å²) in [7, 11) is 0. The number of nitrogens with zero attached hydrogens (tertiary/aromatic N) is 1. The van der Waals surface area contributed by atoms with E-state index in [4.69, 9.17) is 5.73 Å². The smallest absolute Gasteiger partial charge is 0.0425 e. The first-order valence-electron chi connectivity index (χ1n) is 6.80. The van der Waals surface area contributed by atoms with Crippen LogP contribution >= 0.6 is 11.8 Å². The summed E-state index contributed by atoms with van der Waals surface area (Å²) in [5, 5.41) is 0. The summed E-state index contributed by atoms with van der Waals surface area (Å²) in [5.74, 6) is 0.848. The molecule has 2 atom stereocenters. The average Bonchev–Trinajstić information content (AvgIpc) is 2.37. The van der Waals surface area contributed by atoms with E-state index in [-0.39, 0.29) is 0 Å². The Hall–Kier alpha value is -0.670. The first-order chi connectivity index (χ1) is 8.67. The largest absolute Gasteiger partial charge is 0.369 e. The number of nitrogens with two attached hydrogens (primary N) is 1. The van der Waals surface area contributed by atoms with E-state index >= 15 is 0 Å². The Morgan fingerprint density at radius 3 is 2.78 bits per heavy atom. The number of rotatable bonds is 3. The first-order valence-corrected chi connectivity index (χ1v) is 8.02. The van der Waals surface area contributed by atoms with Crippen molar-refractivity contribution < 1.29 is 0 Å². The molecule has 0 saturated carbocycles. The maximum absolute atomic E-state index is 5.97. The fourth-order valence-corrected chi connectivity index (χ4v) is 3.63. The van der Waals surface area contributed by atoms with Gasteiger partial charge in [-0.25, -0.2) is 0 Å². The highest BCUT2D eigenvalue weighted by Gasteiger charge is 2.24. The minimum atomic E-state index is 0.621. The lowest BCUT2D eigenvalue weighted by Crippen LogP contribution is -2.40. The zero-order chi connectivity index (χ0) is 13.1. The van der Waals surface area contributed by atoms with Crippen LogP contribution in [0.4, 0.5) is 5.69 Å². The molecule has 100 valence electrons. The molecular weight excluding hydrogens is 240 g/mol. The van der Waals surface area contributed by atoms with Gasteiger partial charge < -0.3 is 10.6 Å². The van der Waals surface area contributed by atoms with Gasteiger partial charge >= 0.3 is 0 Å². The molecule has 1 aromatic rings. The molecule has 1 aliphatic heterocycles. The van der Waals surface area contributed by atoms with Crippen molar-refractivity contribution in [3.8, 4) is 0 Å². The van der Waals surface area contributed by atoms with Gasteiger partial charge in [0, 0.05) is 35.3 Å². The van der Waals surface area contributed by atoms with Gasteiger partial charge in [0.25, 0.3) is 0 Å². The SMILES string of the molecule is CSc1cccc(N2CCC(C)CC2C)c1CN. The van der Waals surface area contributed by atoms with Crippen LogP contribution in [0.25, 0.3) is 0 Å². The molecule has 0 aromatic heterocycles. The van der Waals surface area contributed by atoms with Crippen molar-refractivity contribution in [3.05, 3.63) is 23.8 Å². The molecule has 2 unspecified atom stereocenters. The summed E-state index contributed by atoms with van der Waals surface area (Å²) in [6, 6.07) is 7.18. The molecule has 1 heterocycles. The van der Waals surface area contributed by atoms with Crippen molar-refractivity contribution in [2.24, 2.45) is 11.7 Å². The van der Waals surface area contributed by atoms with Crippen LogP contribution in [0.3, 0.4) is 0 Å². The fraction of sp³-hybridized carbons (Fsp3) is 0.600. The summed E-state index contributed by atoms with van der Waals surface area (Å²) in [6.07, 6.45) is 4.70. The topological polar surface area (TPSA) is 29.3 Å². The molecule has 0 aliphatic carbocycles. The molecule has 0 amide bonds. The molecule has 0 spiro atoms. The highest BCUT2D eigenvalue weighted by Crippen LogP contribution is 2.34. The van der Waals surface area contributed by atoms with Crippen LogP contribution in [-0.4, -0.2) is 18.8 Å². The average molecular weight is 264 g/mol. The van der Waals surface area contributed by atoms with Gasteiger partial charge in [0.2, 0.25) is 0 Å². The van der Waals surface area contributed by atoms with Crippen LogP contribution in [-0.2, 0) is 6.54 Å². The number of hydrogen-bond acceptors (Lipinski definition) is 3. The van der Waals surface area contributed by atoms with Crippen LogP contribution in [0.15, 0.2) is 23.1 Å². The summed E-state index contributed by atoms with van der Waals surface area (Å²) >= 11 is 1.79. The standard InChI is InChI=1S/C15H24N2S/c1-11-7-8-17(12(2)9-11)14-5-4-6-15(18-3)13(14)10-16/h4-6,11-12H,7-10,16H2,1-3H3. The van der Waals surface area contributed by atoms with Crippen LogP contribution in [0, 0.1) is 5.92 Å². The Morgan fingerprint density at radius 2 is 2.17 bits per heavy atom. The van der Waals surface area contributed by atoms with Crippen molar-refractivity contribution >= 4 is 17.4 Å². The molecule has 0 radical (unpaired) electrons. The third-order valence-corrected chi connectivity index (χ3v) is 4.80. The number of hydrogen-bond donors (Lipinski definition) is 1. The van der Waals surface area contributed by atoms with Crippen LogP contribution in [0.2, 0.25) is 0 Å². The monoisotopic (exact) mass is 264 g/mol. The lowest BCUT2D eigenvalue weighted by atomic mass is 9.92. The maximum Gasteiger partial charge on any atom is 0.0425 e. The Kier molecular flexibility index (Phi) is 4.57. The van der Waals surface area contributed by atoms with E-state index in [9.17, 15) is 0 Å². The minimum absolute atomic E-state index is 0.621. The van der Waals surface area contributed by atoms with E-state index in [0.29, 0.717) is 12.6 Å². The maximum atomic E-state index is 5.97. The summed E-state index contributed by atoms with van der Waals surface area (Å²) in [4.78, 5) is 3.86. The third kappa shape index (κ3) is 2.67. The number of anilines is 1. The molecule has 1 fully saturated rings. The van der Waals surface area contributed by atoms with E-state index < -0.39 is 0 Å². The summed E-state index contributed by atoms with van der Waals surface area (Å²) in [5.41, 5.74) is 8.63. The van der Waals surface area contributed by atoms with E-state index in [2.05, 4.69) is 43.2 Å². The normalized spacial score (nSPS) is 24.3. The minimum Gasteiger partial charge on any atom is -0.369 e. The lowest BCUT2D eigenvalue weighted by Gasteiger charge is -2.39. The van der Waals surface area contributed by atoms with Gasteiger partial charge in [-0.2, -0.15) is 0 Å². The van der Waals surface area contributed by atoms with Crippen molar-refractivity contribution in [1.82, 2.24) is 0 Å². The predicted octanol–water partition coefficient (Wildman–Crippen LogP) is 3.49. The molecule has 1 saturated heterocycles. The molecule has 1 aliphatic rings. The second-order valence-electron chi connectivity index (χ2n) is 5.33. The molecule has 0 bridgehead atoms. The van der Waals surface area contributed by atoms with Crippen LogP contribution in [0.5, 0.6) is 0 Å².